The van der Waals surface area contributed by atoms with Crippen molar-refractivity contribution >= 4 is 23.5 Å². The fraction of sp³-hybridized carbons (Fsp3) is 0.250. The van der Waals surface area contributed by atoms with Gasteiger partial charge in [-0.25, -0.2) is 9.97 Å². The van der Waals surface area contributed by atoms with Crippen molar-refractivity contribution in [3.8, 4) is 11.3 Å². The number of amides is 2. The quantitative estimate of drug-likeness (QED) is 0.512. The molecule has 4 N–H and O–H groups in total. The smallest absolute Gasteiger partial charge is 0.251 e. The van der Waals surface area contributed by atoms with E-state index in [-0.39, 0.29) is 5.91 Å². The summed E-state index contributed by atoms with van der Waals surface area (Å²) in [6.45, 7) is 6.71. The van der Waals surface area contributed by atoms with Crippen LogP contribution in [-0.4, -0.2) is 28.3 Å². The molecular weight excluding hydrogens is 390 g/mol. The van der Waals surface area contributed by atoms with Crippen molar-refractivity contribution in [1.82, 2.24) is 15.3 Å². The highest BCUT2D eigenvalue weighted by molar-refractivity contribution is 5.96. The second-order valence-electron chi connectivity index (χ2n) is 7.53. The summed E-state index contributed by atoms with van der Waals surface area (Å²) in [7, 11) is 0. The number of nitrogens with zero attached hydrogens (tertiary/aromatic N) is 2. The number of rotatable bonds is 8. The van der Waals surface area contributed by atoms with E-state index >= 15 is 0 Å². The monoisotopic (exact) mass is 417 g/mol. The van der Waals surface area contributed by atoms with Crippen LogP contribution in [0.5, 0.6) is 0 Å². The molecular formula is C24H27N5O2. The van der Waals surface area contributed by atoms with Crippen LogP contribution in [0.2, 0.25) is 0 Å². The van der Waals surface area contributed by atoms with Crippen LogP contribution in [0.4, 0.5) is 11.6 Å². The molecule has 7 nitrogen and oxygen atoms in total. The molecule has 0 saturated carbocycles. The lowest BCUT2D eigenvalue weighted by atomic mass is 9.99. The summed E-state index contributed by atoms with van der Waals surface area (Å²) in [5.74, 6) is 0.298. The number of primary amides is 1. The Kier molecular flexibility index (Phi) is 6.97. The summed E-state index contributed by atoms with van der Waals surface area (Å²) < 4.78 is 0. The number of hydrogen-bond acceptors (Lipinski definition) is 5. The SMILES string of the molecule is CCC(C)CNC(=O)c1ccc(Nc2nccc(-c3cccc(C(N)=O)c3C)n2)cc1. The molecule has 1 aromatic heterocycles. The van der Waals surface area contributed by atoms with E-state index in [9.17, 15) is 9.59 Å². The third-order valence-corrected chi connectivity index (χ3v) is 5.24. The summed E-state index contributed by atoms with van der Waals surface area (Å²) in [6.07, 6.45) is 2.67. The molecule has 0 aliphatic carbocycles. The number of nitrogens with one attached hydrogen (secondary N) is 2. The standard InChI is InChI=1S/C24H27N5O2/c1-4-15(2)14-27-23(31)17-8-10-18(11-9-17)28-24-26-13-12-21(29-24)19-6-5-7-20(16(19)3)22(25)30/h5-13,15H,4,14H2,1-3H3,(H2,25,30)(H,27,31)(H,26,28,29). The van der Waals surface area contributed by atoms with Crippen LogP contribution in [0.25, 0.3) is 11.3 Å². The summed E-state index contributed by atoms with van der Waals surface area (Å²) >= 11 is 0. The Balaban J connectivity index is 1.74. The van der Waals surface area contributed by atoms with Gasteiger partial charge in [0.2, 0.25) is 11.9 Å². The summed E-state index contributed by atoms with van der Waals surface area (Å²) in [5.41, 5.74) is 9.55. The molecule has 3 aromatic rings. The molecule has 2 aromatic carbocycles. The number of carbonyl (C=O) groups excluding carboxylic acids is 2. The molecule has 1 heterocycles. The van der Waals surface area contributed by atoms with Crippen LogP contribution >= 0.6 is 0 Å². The van der Waals surface area contributed by atoms with Gasteiger partial charge in [0.1, 0.15) is 0 Å². The number of aromatic nitrogens is 2. The Hall–Kier alpha value is -3.74. The molecule has 3 rings (SSSR count). The number of nitrogens with two attached hydrogens (primary N) is 1. The normalized spacial score (nSPS) is 11.6. The average molecular weight is 418 g/mol. The second-order valence-corrected chi connectivity index (χ2v) is 7.53. The lowest BCUT2D eigenvalue weighted by Gasteiger charge is -2.11. The van der Waals surface area contributed by atoms with E-state index in [1.807, 2.05) is 25.1 Å². The van der Waals surface area contributed by atoms with Gasteiger partial charge in [-0.2, -0.15) is 0 Å². The lowest BCUT2D eigenvalue weighted by Crippen LogP contribution is -2.27. The van der Waals surface area contributed by atoms with Crippen LogP contribution in [0, 0.1) is 12.8 Å². The molecule has 1 unspecified atom stereocenters. The van der Waals surface area contributed by atoms with E-state index in [1.54, 1.807) is 36.5 Å². The molecule has 2 amide bonds. The number of carbonyl (C=O) groups is 2. The minimum absolute atomic E-state index is 0.0881. The van der Waals surface area contributed by atoms with E-state index < -0.39 is 5.91 Å². The minimum Gasteiger partial charge on any atom is -0.366 e. The van der Waals surface area contributed by atoms with Crippen LogP contribution in [0.1, 0.15) is 46.5 Å². The van der Waals surface area contributed by atoms with E-state index in [0.29, 0.717) is 35.2 Å². The number of hydrogen-bond donors (Lipinski definition) is 3. The zero-order valence-electron chi connectivity index (χ0n) is 18.0. The predicted octanol–water partition coefficient (Wildman–Crippen LogP) is 4.07. The van der Waals surface area contributed by atoms with Crippen molar-refractivity contribution in [2.75, 3.05) is 11.9 Å². The molecule has 31 heavy (non-hydrogen) atoms. The van der Waals surface area contributed by atoms with Gasteiger partial charge < -0.3 is 16.4 Å². The molecule has 160 valence electrons. The average Bonchev–Trinajstić information content (AvgIpc) is 2.77. The Bertz CT molecular complexity index is 1080. The molecule has 0 radical (unpaired) electrons. The van der Waals surface area contributed by atoms with E-state index in [1.165, 1.54) is 0 Å². The molecule has 7 heteroatoms. The van der Waals surface area contributed by atoms with Gasteiger partial charge in [-0.05, 0) is 54.8 Å². The molecule has 0 spiro atoms. The Morgan fingerprint density at radius 1 is 1.10 bits per heavy atom. The van der Waals surface area contributed by atoms with Crippen molar-refractivity contribution in [2.45, 2.75) is 27.2 Å². The van der Waals surface area contributed by atoms with Crippen LogP contribution in [0.3, 0.4) is 0 Å². The van der Waals surface area contributed by atoms with E-state index in [2.05, 4.69) is 34.4 Å². The van der Waals surface area contributed by atoms with Crippen molar-refractivity contribution < 1.29 is 9.59 Å². The summed E-state index contributed by atoms with van der Waals surface area (Å²) in [6, 6.07) is 14.3. The van der Waals surface area contributed by atoms with Gasteiger partial charge in [-0.3, -0.25) is 9.59 Å². The molecule has 0 fully saturated rings. The highest BCUT2D eigenvalue weighted by Gasteiger charge is 2.12. The van der Waals surface area contributed by atoms with Crippen molar-refractivity contribution in [2.24, 2.45) is 11.7 Å². The number of anilines is 2. The van der Waals surface area contributed by atoms with Gasteiger partial charge in [0.05, 0.1) is 5.69 Å². The fourth-order valence-corrected chi connectivity index (χ4v) is 3.10. The minimum atomic E-state index is -0.472. The Morgan fingerprint density at radius 2 is 1.84 bits per heavy atom. The predicted molar refractivity (Wildman–Crippen MR) is 122 cm³/mol. The number of benzene rings is 2. The summed E-state index contributed by atoms with van der Waals surface area (Å²) in [5, 5.41) is 6.10. The maximum atomic E-state index is 12.3. The lowest BCUT2D eigenvalue weighted by molar-refractivity contribution is 0.0946. The Morgan fingerprint density at radius 3 is 2.52 bits per heavy atom. The van der Waals surface area contributed by atoms with Gasteiger partial charge >= 0.3 is 0 Å². The van der Waals surface area contributed by atoms with Crippen LogP contribution < -0.4 is 16.4 Å². The first-order valence-corrected chi connectivity index (χ1v) is 10.3. The van der Waals surface area contributed by atoms with E-state index in [0.717, 1.165) is 23.2 Å². The maximum Gasteiger partial charge on any atom is 0.251 e. The van der Waals surface area contributed by atoms with Crippen molar-refractivity contribution in [3.63, 3.8) is 0 Å². The highest BCUT2D eigenvalue weighted by atomic mass is 16.2. The first kappa shape index (κ1) is 22.0. The van der Waals surface area contributed by atoms with Crippen molar-refractivity contribution in [3.05, 3.63) is 71.4 Å². The van der Waals surface area contributed by atoms with E-state index in [4.69, 9.17) is 5.73 Å². The topological polar surface area (TPSA) is 110 Å². The maximum absolute atomic E-state index is 12.3. The zero-order chi connectivity index (χ0) is 22.4. The largest absolute Gasteiger partial charge is 0.366 e. The molecule has 1 atom stereocenters. The second kappa shape index (κ2) is 9.84. The third kappa shape index (κ3) is 5.45. The van der Waals surface area contributed by atoms with Gasteiger partial charge in [-0.15, -0.1) is 0 Å². The Labute approximate surface area is 182 Å². The van der Waals surface area contributed by atoms with Crippen molar-refractivity contribution in [1.29, 1.82) is 0 Å². The van der Waals surface area contributed by atoms with Gasteiger partial charge in [0.15, 0.2) is 0 Å². The van der Waals surface area contributed by atoms with Gasteiger partial charge in [0.25, 0.3) is 5.91 Å². The fourth-order valence-electron chi connectivity index (χ4n) is 3.10. The van der Waals surface area contributed by atoms with Crippen LogP contribution in [0.15, 0.2) is 54.7 Å². The first-order chi connectivity index (χ1) is 14.9. The summed E-state index contributed by atoms with van der Waals surface area (Å²) in [4.78, 5) is 32.7. The molecule has 0 bridgehead atoms. The molecule has 0 aliphatic heterocycles. The van der Waals surface area contributed by atoms with Crippen LogP contribution in [-0.2, 0) is 0 Å². The van der Waals surface area contributed by atoms with Gasteiger partial charge in [-0.1, -0.05) is 32.4 Å². The highest BCUT2D eigenvalue weighted by Crippen LogP contribution is 2.25. The third-order valence-electron chi connectivity index (χ3n) is 5.24. The first-order valence-electron chi connectivity index (χ1n) is 10.3. The molecule has 0 saturated heterocycles. The molecule has 0 aliphatic rings. The zero-order valence-corrected chi connectivity index (χ0v) is 18.0. The van der Waals surface area contributed by atoms with Gasteiger partial charge in [0, 0.05) is 35.1 Å².